The summed E-state index contributed by atoms with van der Waals surface area (Å²) in [4.78, 5) is 13.0. The topological polar surface area (TPSA) is 20.3 Å². The zero-order valence-electron chi connectivity index (χ0n) is 9.29. The minimum absolute atomic E-state index is 0.550. The number of carbonyl (C=O) groups is 1. The fourth-order valence-electron chi connectivity index (χ4n) is 2.20. The quantitative estimate of drug-likeness (QED) is 0.700. The van der Waals surface area contributed by atoms with E-state index in [4.69, 9.17) is 0 Å². The molecule has 0 fully saturated rings. The summed E-state index contributed by atoms with van der Waals surface area (Å²) in [6.45, 7) is 5.68. The van der Waals surface area contributed by atoms with E-state index in [1.807, 2.05) is 12.1 Å². The number of hydrogen-bond acceptors (Lipinski definition) is 1. The van der Waals surface area contributed by atoms with Crippen molar-refractivity contribution in [3.63, 3.8) is 0 Å². The van der Waals surface area contributed by atoms with Gasteiger partial charge in [0.25, 0.3) is 5.91 Å². The second-order valence-electron chi connectivity index (χ2n) is 3.88. The summed E-state index contributed by atoms with van der Waals surface area (Å²) in [7, 11) is 0. The summed E-state index contributed by atoms with van der Waals surface area (Å²) in [6.07, 6.45) is 1.74. The summed E-state index contributed by atoms with van der Waals surface area (Å²) >= 11 is 0. The third-order valence-corrected chi connectivity index (χ3v) is 2.98. The van der Waals surface area contributed by atoms with Crippen LogP contribution in [0, 0.1) is 0 Å². The van der Waals surface area contributed by atoms with Crippen LogP contribution in [-0.4, -0.2) is 12.5 Å². The summed E-state index contributed by atoms with van der Waals surface area (Å²) in [5.41, 5.74) is 3.24. The van der Waals surface area contributed by atoms with Gasteiger partial charge in [-0.05, 0) is 30.0 Å². The van der Waals surface area contributed by atoms with Crippen molar-refractivity contribution in [2.45, 2.75) is 19.8 Å². The maximum Gasteiger partial charge on any atom is 0.286 e. The summed E-state index contributed by atoms with van der Waals surface area (Å²) in [5.74, 6) is -1.51. The highest BCUT2D eigenvalue weighted by atomic mass is 19.1. The lowest BCUT2D eigenvalue weighted by atomic mass is 10.0. The van der Waals surface area contributed by atoms with Gasteiger partial charge in [-0.1, -0.05) is 25.6 Å². The Balaban J connectivity index is 2.40. The van der Waals surface area contributed by atoms with E-state index in [2.05, 4.69) is 19.6 Å². The van der Waals surface area contributed by atoms with Crippen LogP contribution in [0.1, 0.15) is 18.1 Å². The van der Waals surface area contributed by atoms with Gasteiger partial charge in [0.1, 0.15) is 0 Å². The Morgan fingerprint density at radius 3 is 2.94 bits per heavy atom. The van der Waals surface area contributed by atoms with E-state index in [-0.39, 0.29) is 0 Å². The number of fused-ring (bicyclic) bond motifs is 1. The van der Waals surface area contributed by atoms with Gasteiger partial charge < -0.3 is 4.90 Å². The van der Waals surface area contributed by atoms with Crippen molar-refractivity contribution < 1.29 is 9.18 Å². The number of rotatable bonds is 2. The van der Waals surface area contributed by atoms with Crippen LogP contribution >= 0.6 is 0 Å². The molecule has 1 aliphatic heterocycles. The van der Waals surface area contributed by atoms with Crippen molar-refractivity contribution in [1.82, 2.24) is 0 Å². The highest BCUT2D eigenvalue weighted by molar-refractivity contribution is 6.05. The molecule has 2 nitrogen and oxygen atoms in total. The van der Waals surface area contributed by atoms with Gasteiger partial charge in [0, 0.05) is 12.2 Å². The average Bonchev–Trinajstić information content (AvgIpc) is 2.71. The first-order chi connectivity index (χ1) is 7.65. The van der Waals surface area contributed by atoms with Crippen LogP contribution in [0.4, 0.5) is 10.1 Å². The zero-order valence-corrected chi connectivity index (χ0v) is 9.29. The molecule has 0 radical (unpaired) electrons. The first-order valence-corrected chi connectivity index (χ1v) is 5.42. The first-order valence-electron chi connectivity index (χ1n) is 5.42. The maximum absolute atomic E-state index is 12.8. The van der Waals surface area contributed by atoms with E-state index >= 15 is 0 Å². The van der Waals surface area contributed by atoms with Gasteiger partial charge in [-0.3, -0.25) is 4.79 Å². The van der Waals surface area contributed by atoms with Gasteiger partial charge in [0.2, 0.25) is 0 Å². The average molecular weight is 219 g/mol. The van der Waals surface area contributed by atoms with Gasteiger partial charge in [-0.25, -0.2) is 4.39 Å². The smallest absolute Gasteiger partial charge is 0.286 e. The highest BCUT2D eigenvalue weighted by Gasteiger charge is 2.27. The molecule has 0 aliphatic carbocycles. The molecule has 0 spiro atoms. The zero-order chi connectivity index (χ0) is 11.7. The van der Waals surface area contributed by atoms with E-state index in [0.29, 0.717) is 6.54 Å². The number of aryl methyl sites for hydroxylation is 1. The number of carbonyl (C=O) groups excluding carboxylic acids is 1. The molecule has 0 aromatic heterocycles. The molecule has 0 saturated carbocycles. The van der Waals surface area contributed by atoms with Crippen LogP contribution in [0.2, 0.25) is 0 Å². The fraction of sp³-hybridized carbons (Fsp3) is 0.308. The van der Waals surface area contributed by atoms with E-state index in [0.717, 1.165) is 18.5 Å². The molecule has 1 aromatic carbocycles. The lowest BCUT2D eigenvalue weighted by Crippen LogP contribution is -2.28. The van der Waals surface area contributed by atoms with E-state index in [1.54, 1.807) is 0 Å². The minimum Gasteiger partial charge on any atom is -0.306 e. The highest BCUT2D eigenvalue weighted by Crippen LogP contribution is 2.31. The monoisotopic (exact) mass is 219 g/mol. The molecule has 1 aromatic rings. The van der Waals surface area contributed by atoms with Crippen molar-refractivity contribution in [3.05, 3.63) is 41.7 Å². The number of hydrogen-bond donors (Lipinski definition) is 0. The Bertz CT molecular complexity index is 453. The number of halogens is 1. The summed E-state index contributed by atoms with van der Waals surface area (Å²) < 4.78 is 12.8. The fourth-order valence-corrected chi connectivity index (χ4v) is 2.20. The van der Waals surface area contributed by atoms with Crippen molar-refractivity contribution in [3.8, 4) is 0 Å². The molecule has 16 heavy (non-hydrogen) atoms. The Labute approximate surface area is 94.4 Å². The SMILES string of the molecule is C=C(F)C(=O)N1CCc2c(CC)cccc21. The van der Waals surface area contributed by atoms with Crippen molar-refractivity contribution in [2.75, 3.05) is 11.4 Å². The molecule has 1 amide bonds. The molecular weight excluding hydrogens is 205 g/mol. The molecule has 0 saturated heterocycles. The van der Waals surface area contributed by atoms with Gasteiger partial charge in [0.05, 0.1) is 0 Å². The van der Waals surface area contributed by atoms with Crippen LogP contribution in [0.25, 0.3) is 0 Å². The van der Waals surface area contributed by atoms with Crippen LogP contribution in [0.3, 0.4) is 0 Å². The Morgan fingerprint density at radius 2 is 2.31 bits per heavy atom. The second-order valence-corrected chi connectivity index (χ2v) is 3.88. The molecule has 3 heteroatoms. The maximum atomic E-state index is 12.8. The van der Waals surface area contributed by atoms with Crippen molar-refractivity contribution in [2.24, 2.45) is 0 Å². The number of anilines is 1. The lowest BCUT2D eigenvalue weighted by Gasteiger charge is -2.16. The standard InChI is InChI=1S/C13H14FNO/c1-3-10-5-4-6-12-11(10)7-8-15(12)13(16)9(2)14/h4-6H,2-3,7-8H2,1H3. The third-order valence-electron chi connectivity index (χ3n) is 2.98. The van der Waals surface area contributed by atoms with Crippen LogP contribution in [0.15, 0.2) is 30.6 Å². The Morgan fingerprint density at radius 1 is 1.56 bits per heavy atom. The molecule has 0 unspecified atom stereocenters. The summed E-state index contributed by atoms with van der Waals surface area (Å²) in [5, 5.41) is 0. The van der Waals surface area contributed by atoms with E-state index < -0.39 is 11.7 Å². The number of amides is 1. The van der Waals surface area contributed by atoms with Gasteiger partial charge in [-0.15, -0.1) is 0 Å². The molecule has 1 aliphatic rings. The minimum atomic E-state index is -0.894. The van der Waals surface area contributed by atoms with E-state index in [1.165, 1.54) is 16.0 Å². The van der Waals surface area contributed by atoms with Crippen LogP contribution in [0.5, 0.6) is 0 Å². The second kappa shape index (κ2) is 4.08. The molecule has 84 valence electrons. The van der Waals surface area contributed by atoms with E-state index in [9.17, 15) is 9.18 Å². The number of benzene rings is 1. The molecule has 1 heterocycles. The lowest BCUT2D eigenvalue weighted by molar-refractivity contribution is -0.116. The first kappa shape index (κ1) is 10.9. The normalized spacial score (nSPS) is 13.8. The predicted molar refractivity (Wildman–Crippen MR) is 62.1 cm³/mol. The third kappa shape index (κ3) is 1.62. The van der Waals surface area contributed by atoms with Crippen molar-refractivity contribution in [1.29, 1.82) is 0 Å². The van der Waals surface area contributed by atoms with Gasteiger partial charge in [-0.2, -0.15) is 0 Å². The largest absolute Gasteiger partial charge is 0.306 e. The molecule has 0 bridgehead atoms. The van der Waals surface area contributed by atoms with Crippen LogP contribution in [-0.2, 0) is 17.6 Å². The summed E-state index contributed by atoms with van der Waals surface area (Å²) in [6, 6.07) is 5.82. The molecular formula is C13H14FNO. The predicted octanol–water partition coefficient (Wildman–Crippen LogP) is 2.62. The number of nitrogens with zero attached hydrogens (tertiary/aromatic N) is 1. The molecule has 0 atom stereocenters. The van der Waals surface area contributed by atoms with Gasteiger partial charge >= 0.3 is 0 Å². The molecule has 2 rings (SSSR count). The van der Waals surface area contributed by atoms with Crippen molar-refractivity contribution >= 4 is 11.6 Å². The van der Waals surface area contributed by atoms with Gasteiger partial charge in [0.15, 0.2) is 5.83 Å². The Kier molecular flexibility index (Phi) is 2.77. The molecule has 0 N–H and O–H groups in total. The van der Waals surface area contributed by atoms with Crippen LogP contribution < -0.4 is 4.90 Å². The Hall–Kier alpha value is -1.64.